The van der Waals surface area contributed by atoms with E-state index in [4.69, 9.17) is 4.98 Å². The van der Waals surface area contributed by atoms with Gasteiger partial charge in [-0.1, -0.05) is 38.1 Å². The van der Waals surface area contributed by atoms with Crippen LogP contribution in [-0.2, 0) is 13.0 Å². The summed E-state index contributed by atoms with van der Waals surface area (Å²) in [6.07, 6.45) is 1.02. The molecule has 5 heteroatoms. The fraction of sp³-hybridized carbons (Fsp3) is 0.500. The molecule has 3 rings (SSSR count). The van der Waals surface area contributed by atoms with Gasteiger partial charge in [-0.25, -0.2) is 4.98 Å². The Balaban J connectivity index is 1.87. The normalized spacial score (nSPS) is 18.2. The van der Waals surface area contributed by atoms with E-state index >= 15 is 0 Å². The van der Waals surface area contributed by atoms with Gasteiger partial charge in [-0.3, -0.25) is 0 Å². The van der Waals surface area contributed by atoms with Crippen molar-refractivity contribution in [3.8, 4) is 0 Å². The first kappa shape index (κ1) is 17.7. The number of hydrogen-bond donors (Lipinski definition) is 2. The molecule has 0 spiro atoms. The van der Waals surface area contributed by atoms with Gasteiger partial charge in [0.05, 0.1) is 12.6 Å². The number of hydrogen-bond acceptors (Lipinski definition) is 5. The summed E-state index contributed by atoms with van der Waals surface area (Å²) in [5.41, 5.74) is 3.72. The van der Waals surface area contributed by atoms with Crippen molar-refractivity contribution in [3.05, 3.63) is 47.2 Å². The third-order valence-corrected chi connectivity index (χ3v) is 4.96. The molecule has 2 N–H and O–H groups in total. The lowest BCUT2D eigenvalue weighted by atomic mass is 9.95. The number of nitrogens with one attached hydrogen (secondary N) is 1. The number of aliphatic hydroxyl groups excluding tert-OH is 1. The zero-order valence-electron chi connectivity index (χ0n) is 15.5. The molecule has 2 heterocycles. The molecule has 134 valence electrons. The maximum atomic E-state index is 9.57. The Labute approximate surface area is 150 Å². The highest BCUT2D eigenvalue weighted by Gasteiger charge is 2.24. The van der Waals surface area contributed by atoms with Gasteiger partial charge in [-0.05, 0) is 37.3 Å². The molecule has 1 aliphatic rings. The highest BCUT2D eigenvalue weighted by atomic mass is 16.3. The minimum absolute atomic E-state index is 0.0471. The second-order valence-corrected chi connectivity index (χ2v) is 7.32. The number of aromatic nitrogens is 2. The van der Waals surface area contributed by atoms with Crippen LogP contribution in [0.1, 0.15) is 37.6 Å². The highest BCUT2D eigenvalue weighted by molar-refractivity contribution is 5.49. The van der Waals surface area contributed by atoms with E-state index in [0.717, 1.165) is 24.5 Å². The molecule has 1 aromatic carbocycles. The summed E-state index contributed by atoms with van der Waals surface area (Å²) in [6, 6.07) is 11.0. The van der Waals surface area contributed by atoms with E-state index in [9.17, 15) is 5.11 Å². The van der Waals surface area contributed by atoms with Crippen molar-refractivity contribution in [1.82, 2.24) is 9.97 Å². The van der Waals surface area contributed by atoms with Crippen LogP contribution < -0.4 is 10.2 Å². The second-order valence-electron chi connectivity index (χ2n) is 7.32. The van der Waals surface area contributed by atoms with Crippen molar-refractivity contribution in [2.24, 2.45) is 5.92 Å². The molecule has 1 aromatic heterocycles. The van der Waals surface area contributed by atoms with Crippen molar-refractivity contribution < 1.29 is 5.11 Å². The van der Waals surface area contributed by atoms with E-state index in [2.05, 4.69) is 60.2 Å². The van der Waals surface area contributed by atoms with Crippen molar-refractivity contribution in [1.29, 1.82) is 0 Å². The third-order valence-electron chi connectivity index (χ3n) is 4.96. The van der Waals surface area contributed by atoms with Gasteiger partial charge in [0, 0.05) is 24.3 Å². The van der Waals surface area contributed by atoms with E-state index in [-0.39, 0.29) is 12.6 Å². The van der Waals surface area contributed by atoms with E-state index in [1.54, 1.807) is 0 Å². The quantitative estimate of drug-likeness (QED) is 0.875. The Bertz CT molecular complexity index is 731. The lowest BCUT2D eigenvalue weighted by Crippen LogP contribution is -2.39. The summed E-state index contributed by atoms with van der Waals surface area (Å²) in [7, 11) is 0. The maximum absolute atomic E-state index is 9.57. The Hall–Kier alpha value is -2.14. The fourth-order valence-electron chi connectivity index (χ4n) is 3.34. The summed E-state index contributed by atoms with van der Waals surface area (Å²) < 4.78 is 0. The Morgan fingerprint density at radius 3 is 2.64 bits per heavy atom. The summed E-state index contributed by atoms with van der Waals surface area (Å²) in [5.74, 6) is 1.84. The predicted octanol–water partition coefficient (Wildman–Crippen LogP) is 3.17. The van der Waals surface area contributed by atoms with Gasteiger partial charge in [-0.2, -0.15) is 4.98 Å². The average molecular weight is 340 g/mol. The Kier molecular flexibility index (Phi) is 5.23. The number of aliphatic hydroxyl groups is 1. The molecular weight excluding hydrogens is 312 g/mol. The van der Waals surface area contributed by atoms with Gasteiger partial charge >= 0.3 is 0 Å². The standard InChI is InChI=1S/C20H28N4O/c1-13(2)18(12-25)22-20-21-14(3)9-19(23-20)24-11-17-8-6-5-7-16(17)10-15(24)4/h5-9,13,15,18,25H,10-12H2,1-4H3,(H,21,22,23)/t15-,18+/m1/s1. The molecule has 0 unspecified atom stereocenters. The minimum Gasteiger partial charge on any atom is -0.394 e. The zero-order chi connectivity index (χ0) is 18.0. The summed E-state index contributed by atoms with van der Waals surface area (Å²) in [6.45, 7) is 9.31. The van der Waals surface area contributed by atoms with E-state index < -0.39 is 0 Å². The average Bonchev–Trinajstić information content (AvgIpc) is 2.58. The maximum Gasteiger partial charge on any atom is 0.225 e. The minimum atomic E-state index is -0.0471. The van der Waals surface area contributed by atoms with Crippen LogP contribution in [0.2, 0.25) is 0 Å². The van der Waals surface area contributed by atoms with Gasteiger partial charge in [0.25, 0.3) is 0 Å². The second kappa shape index (κ2) is 7.40. The fourth-order valence-corrected chi connectivity index (χ4v) is 3.34. The third kappa shape index (κ3) is 3.93. The molecule has 0 radical (unpaired) electrons. The summed E-state index contributed by atoms with van der Waals surface area (Å²) in [4.78, 5) is 11.6. The van der Waals surface area contributed by atoms with Crippen LogP contribution in [0.4, 0.5) is 11.8 Å². The lowest BCUT2D eigenvalue weighted by Gasteiger charge is -2.36. The molecule has 25 heavy (non-hydrogen) atoms. The van der Waals surface area contributed by atoms with Crippen LogP contribution in [0.25, 0.3) is 0 Å². The molecule has 0 saturated heterocycles. The van der Waals surface area contributed by atoms with Crippen LogP contribution in [0.5, 0.6) is 0 Å². The first-order valence-electron chi connectivity index (χ1n) is 9.04. The van der Waals surface area contributed by atoms with Gasteiger partial charge in [0.15, 0.2) is 0 Å². The van der Waals surface area contributed by atoms with E-state index in [1.165, 1.54) is 11.1 Å². The van der Waals surface area contributed by atoms with Crippen molar-refractivity contribution in [2.45, 2.75) is 52.7 Å². The predicted molar refractivity (Wildman–Crippen MR) is 102 cm³/mol. The number of anilines is 2. The van der Waals surface area contributed by atoms with E-state index in [1.807, 2.05) is 13.0 Å². The number of nitrogens with zero attached hydrogens (tertiary/aromatic N) is 3. The van der Waals surface area contributed by atoms with Crippen LogP contribution in [0.15, 0.2) is 30.3 Å². The smallest absolute Gasteiger partial charge is 0.225 e. The lowest BCUT2D eigenvalue weighted by molar-refractivity contribution is 0.248. The van der Waals surface area contributed by atoms with Crippen LogP contribution >= 0.6 is 0 Å². The summed E-state index contributed by atoms with van der Waals surface area (Å²) >= 11 is 0. The van der Waals surface area contributed by atoms with Crippen molar-refractivity contribution in [2.75, 3.05) is 16.8 Å². The van der Waals surface area contributed by atoms with Crippen LogP contribution in [0.3, 0.4) is 0 Å². The molecule has 2 atom stereocenters. The topological polar surface area (TPSA) is 61.3 Å². The van der Waals surface area contributed by atoms with Crippen molar-refractivity contribution in [3.63, 3.8) is 0 Å². The molecule has 5 nitrogen and oxygen atoms in total. The molecule has 0 bridgehead atoms. The molecule has 0 saturated carbocycles. The molecule has 0 aliphatic carbocycles. The highest BCUT2D eigenvalue weighted by Crippen LogP contribution is 2.28. The zero-order valence-corrected chi connectivity index (χ0v) is 15.5. The summed E-state index contributed by atoms with van der Waals surface area (Å²) in [5, 5.41) is 12.9. The molecule has 0 amide bonds. The van der Waals surface area contributed by atoms with Crippen molar-refractivity contribution >= 4 is 11.8 Å². The largest absolute Gasteiger partial charge is 0.394 e. The van der Waals surface area contributed by atoms with Gasteiger partial charge < -0.3 is 15.3 Å². The monoisotopic (exact) mass is 340 g/mol. The molecular formula is C20H28N4O. The number of benzene rings is 1. The molecule has 2 aromatic rings. The number of aryl methyl sites for hydroxylation is 1. The van der Waals surface area contributed by atoms with Crippen LogP contribution in [0, 0.1) is 12.8 Å². The van der Waals surface area contributed by atoms with E-state index in [0.29, 0.717) is 17.9 Å². The van der Waals surface area contributed by atoms with Gasteiger partial charge in [0.2, 0.25) is 5.95 Å². The SMILES string of the molecule is Cc1cc(N2Cc3ccccc3C[C@H]2C)nc(N[C@@H](CO)C(C)C)n1. The van der Waals surface area contributed by atoms with Crippen LogP contribution in [-0.4, -0.2) is 33.8 Å². The Morgan fingerprint density at radius 2 is 1.96 bits per heavy atom. The first-order valence-corrected chi connectivity index (χ1v) is 9.04. The Morgan fingerprint density at radius 1 is 1.24 bits per heavy atom. The molecule has 1 aliphatic heterocycles. The number of fused-ring (bicyclic) bond motifs is 1. The van der Waals surface area contributed by atoms with Gasteiger partial charge in [0.1, 0.15) is 5.82 Å². The first-order chi connectivity index (χ1) is 12.0. The molecule has 0 fully saturated rings. The van der Waals surface area contributed by atoms with Gasteiger partial charge in [-0.15, -0.1) is 0 Å². The number of rotatable bonds is 5.